The van der Waals surface area contributed by atoms with Crippen molar-refractivity contribution in [2.75, 3.05) is 26.2 Å². The summed E-state index contributed by atoms with van der Waals surface area (Å²) >= 11 is 0. The average Bonchev–Trinajstić information content (AvgIpc) is 2.48. The highest BCUT2D eigenvalue weighted by atomic mass is 16.7. The molecule has 1 fully saturated rings. The van der Waals surface area contributed by atoms with E-state index in [1.54, 1.807) is 0 Å². The van der Waals surface area contributed by atoms with Crippen molar-refractivity contribution in [3.05, 3.63) is 0 Å². The minimum atomic E-state index is 0.164. The summed E-state index contributed by atoms with van der Waals surface area (Å²) in [6.45, 7) is 8.45. The third kappa shape index (κ3) is 4.65. The first kappa shape index (κ1) is 15.6. The highest BCUT2D eigenvalue weighted by Gasteiger charge is 2.27. The van der Waals surface area contributed by atoms with Gasteiger partial charge in [0.05, 0.1) is 0 Å². The van der Waals surface area contributed by atoms with Crippen LogP contribution < -0.4 is 0 Å². The molecule has 4 heteroatoms. The van der Waals surface area contributed by atoms with Crippen molar-refractivity contribution in [3.63, 3.8) is 0 Å². The molecule has 0 spiro atoms. The molecule has 1 unspecified atom stereocenters. The first-order chi connectivity index (χ1) is 9.83. The Bertz CT molecular complexity index is 295. The Morgan fingerprint density at radius 3 is 2.50 bits per heavy atom. The fourth-order valence-corrected chi connectivity index (χ4v) is 3.19. The summed E-state index contributed by atoms with van der Waals surface area (Å²) in [4.78, 5) is 7.96. The summed E-state index contributed by atoms with van der Waals surface area (Å²) in [7, 11) is 0. The van der Waals surface area contributed by atoms with E-state index in [9.17, 15) is 0 Å². The minimum Gasteiger partial charge on any atom is -0.470 e. The van der Waals surface area contributed by atoms with Crippen LogP contribution in [-0.2, 0) is 9.57 Å². The van der Waals surface area contributed by atoms with Crippen LogP contribution in [0.1, 0.15) is 58.8 Å². The topological polar surface area (TPSA) is 34.1 Å². The quantitative estimate of drug-likeness (QED) is 0.717. The van der Waals surface area contributed by atoms with E-state index in [2.05, 4.69) is 23.9 Å². The molecule has 4 nitrogen and oxygen atoms in total. The summed E-state index contributed by atoms with van der Waals surface area (Å²) in [5, 5.41) is 4.19. The van der Waals surface area contributed by atoms with E-state index in [4.69, 9.17) is 9.57 Å². The number of nitrogens with zero attached hydrogens (tertiary/aromatic N) is 2. The normalized spacial score (nSPS) is 24.1. The van der Waals surface area contributed by atoms with E-state index in [0.717, 1.165) is 25.3 Å². The summed E-state index contributed by atoms with van der Waals surface area (Å²) in [6.07, 6.45) is 8.82. The zero-order chi connectivity index (χ0) is 14.2. The molecule has 2 aliphatic rings. The second-order valence-electron chi connectivity index (χ2n) is 6.10. The molecule has 1 atom stereocenters. The molecule has 116 valence electrons. The number of hydrogen-bond acceptors (Lipinski definition) is 4. The van der Waals surface area contributed by atoms with Gasteiger partial charge in [0.2, 0.25) is 5.90 Å². The predicted molar refractivity (Wildman–Crippen MR) is 81.9 cm³/mol. The Balaban J connectivity index is 1.84. The van der Waals surface area contributed by atoms with E-state index < -0.39 is 0 Å². The summed E-state index contributed by atoms with van der Waals surface area (Å²) in [6, 6.07) is 0. The lowest BCUT2D eigenvalue weighted by atomic mass is 9.98. The first-order valence-electron chi connectivity index (χ1n) is 8.42. The third-order valence-electron chi connectivity index (χ3n) is 4.24. The maximum Gasteiger partial charge on any atom is 0.229 e. The minimum absolute atomic E-state index is 0.164. The highest BCUT2D eigenvalue weighted by molar-refractivity contribution is 5.78. The van der Waals surface area contributed by atoms with Crippen LogP contribution in [0.3, 0.4) is 0 Å². The van der Waals surface area contributed by atoms with Crippen LogP contribution in [0.5, 0.6) is 0 Å². The summed E-state index contributed by atoms with van der Waals surface area (Å²) < 4.78 is 6.14. The van der Waals surface area contributed by atoms with Gasteiger partial charge < -0.3 is 9.57 Å². The van der Waals surface area contributed by atoms with Gasteiger partial charge in [-0.15, -0.1) is 0 Å². The van der Waals surface area contributed by atoms with Gasteiger partial charge in [-0.3, -0.25) is 4.90 Å². The second kappa shape index (κ2) is 8.50. The van der Waals surface area contributed by atoms with E-state index in [-0.39, 0.29) is 6.10 Å². The summed E-state index contributed by atoms with van der Waals surface area (Å²) in [5.41, 5.74) is 0. The van der Waals surface area contributed by atoms with Crippen molar-refractivity contribution in [2.45, 2.75) is 64.9 Å². The van der Waals surface area contributed by atoms with E-state index in [1.165, 1.54) is 45.2 Å². The van der Waals surface area contributed by atoms with E-state index >= 15 is 0 Å². The van der Waals surface area contributed by atoms with Crippen molar-refractivity contribution >= 4 is 5.90 Å². The molecule has 0 saturated carbocycles. The van der Waals surface area contributed by atoms with Gasteiger partial charge in [-0.1, -0.05) is 38.3 Å². The zero-order valence-corrected chi connectivity index (χ0v) is 13.1. The molecule has 0 radical (unpaired) electrons. The molecule has 0 amide bonds. The SMILES string of the molecule is CCCC(CCC)C1=NOCC(CN2CCCCC2)O1. The maximum atomic E-state index is 6.14. The average molecular weight is 282 g/mol. The largest absolute Gasteiger partial charge is 0.470 e. The lowest BCUT2D eigenvalue weighted by molar-refractivity contribution is -0.0159. The van der Waals surface area contributed by atoms with Crippen molar-refractivity contribution in [2.24, 2.45) is 11.1 Å². The molecule has 1 saturated heterocycles. The molecule has 0 N–H and O–H groups in total. The lowest BCUT2D eigenvalue weighted by Gasteiger charge is -2.33. The summed E-state index contributed by atoms with van der Waals surface area (Å²) in [5.74, 6) is 1.29. The van der Waals surface area contributed by atoms with Crippen LogP contribution in [0.2, 0.25) is 0 Å². The number of rotatable bonds is 7. The Hall–Kier alpha value is -0.770. The van der Waals surface area contributed by atoms with Crippen LogP contribution in [0.4, 0.5) is 0 Å². The Morgan fingerprint density at radius 1 is 1.15 bits per heavy atom. The first-order valence-corrected chi connectivity index (χ1v) is 8.42. The van der Waals surface area contributed by atoms with Gasteiger partial charge in [0.15, 0.2) is 6.61 Å². The van der Waals surface area contributed by atoms with Crippen molar-refractivity contribution in [1.82, 2.24) is 4.90 Å². The van der Waals surface area contributed by atoms with Gasteiger partial charge in [0.1, 0.15) is 6.10 Å². The van der Waals surface area contributed by atoms with Crippen LogP contribution in [-0.4, -0.2) is 43.1 Å². The van der Waals surface area contributed by atoms with Crippen LogP contribution in [0.15, 0.2) is 5.16 Å². The van der Waals surface area contributed by atoms with Gasteiger partial charge in [-0.2, -0.15) is 0 Å². The predicted octanol–water partition coefficient (Wildman–Crippen LogP) is 3.42. The fraction of sp³-hybridized carbons (Fsp3) is 0.938. The van der Waals surface area contributed by atoms with E-state index in [1.807, 2.05) is 0 Å². The highest BCUT2D eigenvalue weighted by Crippen LogP contribution is 2.21. The zero-order valence-electron chi connectivity index (χ0n) is 13.1. The molecule has 0 bridgehead atoms. The third-order valence-corrected chi connectivity index (χ3v) is 4.24. The smallest absolute Gasteiger partial charge is 0.229 e. The molecule has 2 aliphatic heterocycles. The molecule has 0 aromatic rings. The number of oxime groups is 1. The van der Waals surface area contributed by atoms with Crippen molar-refractivity contribution in [3.8, 4) is 0 Å². The van der Waals surface area contributed by atoms with E-state index in [0.29, 0.717) is 12.5 Å². The molecule has 0 aliphatic carbocycles. The Kier molecular flexibility index (Phi) is 6.64. The van der Waals surface area contributed by atoms with Gasteiger partial charge in [-0.25, -0.2) is 0 Å². The number of ether oxygens (including phenoxy) is 1. The maximum absolute atomic E-state index is 6.14. The van der Waals surface area contributed by atoms with Crippen molar-refractivity contribution < 1.29 is 9.57 Å². The van der Waals surface area contributed by atoms with Crippen LogP contribution in [0.25, 0.3) is 0 Å². The Morgan fingerprint density at radius 2 is 1.85 bits per heavy atom. The standard InChI is InChI=1S/C16H30N2O2/c1-3-8-14(9-4-2)16-17-19-13-15(20-16)12-18-10-6-5-7-11-18/h14-15H,3-13H2,1-2H3. The monoisotopic (exact) mass is 282 g/mol. The molecule has 0 aromatic carbocycles. The van der Waals surface area contributed by atoms with Gasteiger partial charge >= 0.3 is 0 Å². The Labute approximate surface area is 123 Å². The molecule has 0 aromatic heterocycles. The molecule has 2 heterocycles. The second-order valence-corrected chi connectivity index (χ2v) is 6.10. The molecular weight excluding hydrogens is 252 g/mol. The molecule has 20 heavy (non-hydrogen) atoms. The number of likely N-dealkylation sites (tertiary alicyclic amines) is 1. The van der Waals surface area contributed by atoms with Crippen LogP contribution >= 0.6 is 0 Å². The molecule has 2 rings (SSSR count). The number of hydrogen-bond donors (Lipinski definition) is 0. The lowest BCUT2D eigenvalue weighted by Crippen LogP contribution is -2.42. The fourth-order valence-electron chi connectivity index (χ4n) is 3.19. The van der Waals surface area contributed by atoms with Crippen LogP contribution in [0, 0.1) is 5.92 Å². The van der Waals surface area contributed by atoms with Gasteiger partial charge in [-0.05, 0) is 38.8 Å². The van der Waals surface area contributed by atoms with Crippen molar-refractivity contribution in [1.29, 1.82) is 0 Å². The molecular formula is C16H30N2O2. The van der Waals surface area contributed by atoms with Gasteiger partial charge in [0, 0.05) is 12.5 Å². The number of piperidine rings is 1. The van der Waals surface area contributed by atoms with Gasteiger partial charge in [0.25, 0.3) is 0 Å².